The molecule has 0 aromatic heterocycles. The summed E-state index contributed by atoms with van der Waals surface area (Å²) in [5, 5.41) is 14.1. The Kier molecular flexibility index (Phi) is 3.05. The van der Waals surface area contributed by atoms with Crippen LogP contribution in [0.5, 0.6) is 0 Å². The van der Waals surface area contributed by atoms with E-state index in [-0.39, 0.29) is 10.6 Å². The van der Waals surface area contributed by atoms with Crippen LogP contribution < -0.4 is 5.32 Å². The lowest BCUT2D eigenvalue weighted by molar-refractivity contribution is -0.384. The highest BCUT2D eigenvalue weighted by atomic mass is 16.6. The molecule has 1 aromatic carbocycles. The number of nitrogens with one attached hydrogen (secondary N) is 1. The van der Waals surface area contributed by atoms with Gasteiger partial charge in [-0.2, -0.15) is 0 Å². The average molecular weight is 221 g/mol. The number of nitro benzene ring substituents is 1. The topological polar surface area (TPSA) is 58.4 Å². The van der Waals surface area contributed by atoms with Gasteiger partial charge in [-0.1, -0.05) is 12.1 Å². The zero-order valence-electron chi connectivity index (χ0n) is 9.22. The third kappa shape index (κ3) is 2.30. The number of benzene rings is 1. The van der Waals surface area contributed by atoms with Crippen molar-refractivity contribution in [2.24, 2.45) is 0 Å². The third-order valence-electron chi connectivity index (χ3n) is 2.85. The number of likely N-dealkylation sites (N-methyl/N-ethyl adjacent to an activating group) is 1. The van der Waals surface area contributed by atoms with Crippen molar-refractivity contribution in [3.8, 4) is 0 Å². The first-order chi connectivity index (χ1) is 7.66. The van der Waals surface area contributed by atoms with E-state index in [0.29, 0.717) is 11.7 Å². The summed E-state index contributed by atoms with van der Waals surface area (Å²) < 4.78 is 0. The zero-order valence-corrected chi connectivity index (χ0v) is 9.22. The molecule has 0 spiro atoms. The number of rotatable bonds is 3. The van der Waals surface area contributed by atoms with Crippen molar-refractivity contribution in [2.75, 3.05) is 25.5 Å². The molecule has 0 bridgehead atoms. The van der Waals surface area contributed by atoms with E-state index in [0.717, 1.165) is 19.5 Å². The van der Waals surface area contributed by atoms with E-state index in [9.17, 15) is 10.1 Å². The fourth-order valence-corrected chi connectivity index (χ4v) is 2.03. The standard InChI is InChI=1S/C11H15N3O2/c1-13-7-6-9(8-13)12-10-4-2-3-5-11(10)14(15)16/h2-5,9,12H,6-8H2,1H3. The van der Waals surface area contributed by atoms with Gasteiger partial charge in [-0.05, 0) is 26.1 Å². The van der Waals surface area contributed by atoms with E-state index in [1.54, 1.807) is 12.1 Å². The molecular formula is C11H15N3O2. The predicted molar refractivity (Wildman–Crippen MR) is 62.6 cm³/mol. The van der Waals surface area contributed by atoms with Gasteiger partial charge in [0.2, 0.25) is 0 Å². The summed E-state index contributed by atoms with van der Waals surface area (Å²) in [5.41, 5.74) is 0.768. The van der Waals surface area contributed by atoms with Gasteiger partial charge in [-0.3, -0.25) is 10.1 Å². The third-order valence-corrected chi connectivity index (χ3v) is 2.85. The lowest BCUT2D eigenvalue weighted by Crippen LogP contribution is -2.23. The normalized spacial score (nSPS) is 20.9. The number of anilines is 1. The van der Waals surface area contributed by atoms with Gasteiger partial charge in [0.25, 0.3) is 5.69 Å². The van der Waals surface area contributed by atoms with E-state index in [4.69, 9.17) is 0 Å². The molecule has 5 nitrogen and oxygen atoms in total. The first kappa shape index (κ1) is 10.9. The fraction of sp³-hybridized carbons (Fsp3) is 0.455. The summed E-state index contributed by atoms with van der Waals surface area (Å²) >= 11 is 0. The Morgan fingerprint density at radius 2 is 2.25 bits per heavy atom. The molecule has 1 aliphatic heterocycles. The van der Waals surface area contributed by atoms with Crippen LogP contribution in [0.1, 0.15) is 6.42 Å². The quantitative estimate of drug-likeness (QED) is 0.623. The molecule has 0 aliphatic carbocycles. The van der Waals surface area contributed by atoms with Crippen molar-refractivity contribution in [2.45, 2.75) is 12.5 Å². The van der Waals surface area contributed by atoms with Crippen molar-refractivity contribution in [3.05, 3.63) is 34.4 Å². The molecule has 1 saturated heterocycles. The number of hydrogen-bond acceptors (Lipinski definition) is 4. The van der Waals surface area contributed by atoms with Gasteiger partial charge in [0, 0.05) is 18.7 Å². The van der Waals surface area contributed by atoms with Crippen molar-refractivity contribution < 1.29 is 4.92 Å². The Balaban J connectivity index is 2.12. The maximum atomic E-state index is 10.8. The molecule has 2 rings (SSSR count). The second-order valence-electron chi connectivity index (χ2n) is 4.17. The second kappa shape index (κ2) is 4.49. The molecule has 5 heteroatoms. The Labute approximate surface area is 94.2 Å². The minimum Gasteiger partial charge on any atom is -0.375 e. The van der Waals surface area contributed by atoms with Gasteiger partial charge in [0.15, 0.2) is 0 Å². The molecule has 1 unspecified atom stereocenters. The first-order valence-electron chi connectivity index (χ1n) is 5.35. The Morgan fingerprint density at radius 3 is 2.88 bits per heavy atom. The van der Waals surface area contributed by atoms with E-state index in [1.807, 2.05) is 6.07 Å². The summed E-state index contributed by atoms with van der Waals surface area (Å²) in [6.45, 7) is 1.98. The van der Waals surface area contributed by atoms with Crippen LogP contribution in [0.2, 0.25) is 0 Å². The number of hydrogen-bond donors (Lipinski definition) is 1. The van der Waals surface area contributed by atoms with Gasteiger partial charge in [0.05, 0.1) is 4.92 Å². The van der Waals surface area contributed by atoms with Gasteiger partial charge in [-0.25, -0.2) is 0 Å². The van der Waals surface area contributed by atoms with E-state index < -0.39 is 0 Å². The zero-order chi connectivity index (χ0) is 11.5. The van der Waals surface area contributed by atoms with Gasteiger partial charge in [-0.15, -0.1) is 0 Å². The largest absolute Gasteiger partial charge is 0.375 e. The molecule has 86 valence electrons. The maximum absolute atomic E-state index is 10.8. The van der Waals surface area contributed by atoms with Crippen molar-refractivity contribution in [3.63, 3.8) is 0 Å². The summed E-state index contributed by atoms with van der Waals surface area (Å²) in [6, 6.07) is 7.10. The van der Waals surface area contributed by atoms with Crippen molar-refractivity contribution in [1.29, 1.82) is 0 Å². The highest BCUT2D eigenvalue weighted by molar-refractivity contribution is 5.61. The van der Waals surface area contributed by atoms with E-state index in [2.05, 4.69) is 17.3 Å². The molecule has 1 aliphatic rings. The maximum Gasteiger partial charge on any atom is 0.292 e. The molecular weight excluding hydrogens is 206 g/mol. The van der Waals surface area contributed by atoms with Crippen LogP contribution in [0.15, 0.2) is 24.3 Å². The summed E-state index contributed by atoms with van der Waals surface area (Å²) in [6.07, 6.45) is 1.03. The minimum atomic E-state index is -0.346. The summed E-state index contributed by atoms with van der Waals surface area (Å²) in [5.74, 6) is 0. The number of likely N-dealkylation sites (tertiary alicyclic amines) is 1. The Hall–Kier alpha value is -1.62. The van der Waals surface area contributed by atoms with Gasteiger partial charge >= 0.3 is 0 Å². The van der Waals surface area contributed by atoms with Crippen LogP contribution in [0.3, 0.4) is 0 Å². The SMILES string of the molecule is CN1CCC(Nc2ccccc2[N+](=O)[O-])C1. The molecule has 0 amide bonds. The number of nitrogens with zero attached hydrogens (tertiary/aromatic N) is 2. The summed E-state index contributed by atoms with van der Waals surface area (Å²) in [7, 11) is 2.06. The molecule has 0 radical (unpaired) electrons. The van der Waals surface area contributed by atoms with Crippen LogP contribution >= 0.6 is 0 Å². The Bertz CT molecular complexity index is 395. The number of para-hydroxylation sites is 2. The highest BCUT2D eigenvalue weighted by Gasteiger charge is 2.21. The van der Waals surface area contributed by atoms with E-state index in [1.165, 1.54) is 6.07 Å². The molecule has 16 heavy (non-hydrogen) atoms. The highest BCUT2D eigenvalue weighted by Crippen LogP contribution is 2.25. The van der Waals surface area contributed by atoms with Crippen LogP contribution in [-0.2, 0) is 0 Å². The van der Waals surface area contributed by atoms with Crippen LogP contribution in [0, 0.1) is 10.1 Å². The average Bonchev–Trinajstić information content (AvgIpc) is 2.64. The number of nitro groups is 1. The monoisotopic (exact) mass is 221 g/mol. The summed E-state index contributed by atoms with van der Waals surface area (Å²) in [4.78, 5) is 12.7. The Morgan fingerprint density at radius 1 is 1.50 bits per heavy atom. The predicted octanol–water partition coefficient (Wildman–Crippen LogP) is 1.71. The first-order valence-corrected chi connectivity index (χ1v) is 5.35. The van der Waals surface area contributed by atoms with Crippen LogP contribution in [-0.4, -0.2) is 36.0 Å². The molecule has 1 fully saturated rings. The van der Waals surface area contributed by atoms with E-state index >= 15 is 0 Å². The van der Waals surface area contributed by atoms with Crippen LogP contribution in [0.25, 0.3) is 0 Å². The lowest BCUT2D eigenvalue weighted by atomic mass is 10.2. The van der Waals surface area contributed by atoms with Crippen molar-refractivity contribution in [1.82, 2.24) is 4.90 Å². The smallest absolute Gasteiger partial charge is 0.292 e. The molecule has 1 aromatic rings. The lowest BCUT2D eigenvalue weighted by Gasteiger charge is -2.14. The molecule has 1 N–H and O–H groups in total. The fourth-order valence-electron chi connectivity index (χ4n) is 2.03. The molecule has 0 saturated carbocycles. The minimum absolute atomic E-state index is 0.150. The van der Waals surface area contributed by atoms with Crippen LogP contribution in [0.4, 0.5) is 11.4 Å². The second-order valence-corrected chi connectivity index (χ2v) is 4.17. The van der Waals surface area contributed by atoms with Gasteiger partial charge in [0.1, 0.15) is 5.69 Å². The molecule has 1 heterocycles. The molecule has 1 atom stereocenters. The van der Waals surface area contributed by atoms with Gasteiger partial charge < -0.3 is 10.2 Å². The van der Waals surface area contributed by atoms with Crippen molar-refractivity contribution >= 4 is 11.4 Å².